The smallest absolute Gasteiger partial charge is 0.191 e. The Kier molecular flexibility index (Phi) is 13.2. The van der Waals surface area contributed by atoms with E-state index < -0.39 is 0 Å². The van der Waals surface area contributed by atoms with Crippen LogP contribution < -0.4 is 15.4 Å². The van der Waals surface area contributed by atoms with Crippen LogP contribution in [0.2, 0.25) is 0 Å². The van der Waals surface area contributed by atoms with Crippen molar-refractivity contribution in [3.8, 4) is 5.75 Å². The third-order valence-electron chi connectivity index (χ3n) is 5.28. The third kappa shape index (κ3) is 10.3. The maximum Gasteiger partial charge on any atom is 0.191 e. The Morgan fingerprint density at radius 1 is 1.12 bits per heavy atom. The van der Waals surface area contributed by atoms with Gasteiger partial charge in [0.1, 0.15) is 11.9 Å². The number of rotatable bonds is 12. The van der Waals surface area contributed by atoms with Gasteiger partial charge in [-0.3, -0.25) is 0 Å². The average molecular weight is 568 g/mol. The number of ether oxygens (including phenoxy) is 3. The molecule has 1 fully saturated rings. The van der Waals surface area contributed by atoms with Crippen molar-refractivity contribution in [2.45, 2.75) is 52.4 Å². The lowest BCUT2D eigenvalue weighted by Gasteiger charge is -2.16. The summed E-state index contributed by atoms with van der Waals surface area (Å²) in [7, 11) is 0. The van der Waals surface area contributed by atoms with Crippen molar-refractivity contribution >= 4 is 29.9 Å². The molecule has 3 rings (SSSR count). The Balaban J connectivity index is 0.00000385. The van der Waals surface area contributed by atoms with E-state index in [0.29, 0.717) is 19.8 Å². The van der Waals surface area contributed by atoms with Gasteiger partial charge < -0.3 is 24.8 Å². The molecule has 182 valence electrons. The summed E-state index contributed by atoms with van der Waals surface area (Å²) in [6.45, 7) is 9.28. The number of aryl methyl sites for hydroxylation is 1. The van der Waals surface area contributed by atoms with Crippen LogP contribution in [0.5, 0.6) is 5.75 Å². The highest BCUT2D eigenvalue weighted by Crippen LogP contribution is 2.24. The van der Waals surface area contributed by atoms with E-state index in [0.717, 1.165) is 62.8 Å². The number of nitrogens with zero attached hydrogens (tertiary/aromatic N) is 1. The van der Waals surface area contributed by atoms with Gasteiger partial charge in [0, 0.05) is 31.7 Å². The first-order valence-electron chi connectivity index (χ1n) is 11.7. The van der Waals surface area contributed by atoms with Gasteiger partial charge in [0.05, 0.1) is 26.4 Å². The molecule has 1 atom stereocenters. The highest BCUT2D eigenvalue weighted by atomic mass is 127. The fraction of sp³-hybridized carbons (Fsp3) is 0.500. The maximum absolute atomic E-state index is 6.20. The van der Waals surface area contributed by atoms with Crippen molar-refractivity contribution in [1.82, 2.24) is 10.6 Å². The van der Waals surface area contributed by atoms with Crippen LogP contribution in [-0.4, -0.2) is 45.0 Å². The van der Waals surface area contributed by atoms with Gasteiger partial charge in [-0.15, -0.1) is 24.0 Å². The molecule has 6 nitrogen and oxygen atoms in total. The third-order valence-corrected chi connectivity index (χ3v) is 5.28. The van der Waals surface area contributed by atoms with Gasteiger partial charge in [-0.05, 0) is 43.9 Å². The quantitative estimate of drug-likeness (QED) is 0.167. The molecule has 33 heavy (non-hydrogen) atoms. The van der Waals surface area contributed by atoms with Gasteiger partial charge in [-0.1, -0.05) is 42.5 Å². The molecule has 0 spiro atoms. The number of nitrogens with one attached hydrogen (secondary N) is 2. The predicted octanol–water partition coefficient (Wildman–Crippen LogP) is 4.83. The lowest BCUT2D eigenvalue weighted by molar-refractivity contribution is 0.117. The van der Waals surface area contributed by atoms with Crippen LogP contribution in [-0.2, 0) is 22.6 Å². The molecule has 2 aromatic rings. The molecule has 0 radical (unpaired) electrons. The SMILES string of the molecule is CCNC(=NCc1ccc(C)cc1OC1CCOC1)NCCCCOCc1ccccc1.I. The van der Waals surface area contributed by atoms with E-state index in [4.69, 9.17) is 19.2 Å². The Morgan fingerprint density at radius 3 is 2.73 bits per heavy atom. The second-order valence-electron chi connectivity index (χ2n) is 8.08. The number of benzene rings is 2. The van der Waals surface area contributed by atoms with Crippen molar-refractivity contribution in [1.29, 1.82) is 0 Å². The minimum atomic E-state index is 0. The van der Waals surface area contributed by atoms with Crippen LogP contribution in [0, 0.1) is 6.92 Å². The van der Waals surface area contributed by atoms with Crippen LogP contribution in [0.3, 0.4) is 0 Å². The Morgan fingerprint density at radius 2 is 1.97 bits per heavy atom. The van der Waals surface area contributed by atoms with Crippen LogP contribution in [0.1, 0.15) is 42.9 Å². The molecule has 0 aliphatic carbocycles. The standard InChI is InChI=1S/C26H37N3O3.HI/c1-3-27-26(28-14-7-8-15-30-19-22-9-5-4-6-10-22)29-18-23-12-11-21(2)17-25(23)32-24-13-16-31-20-24;/h4-6,9-12,17,24H,3,7-8,13-16,18-20H2,1-2H3,(H2,27,28,29);1H. The van der Waals surface area contributed by atoms with Crippen molar-refractivity contribution < 1.29 is 14.2 Å². The van der Waals surface area contributed by atoms with Crippen LogP contribution >= 0.6 is 24.0 Å². The van der Waals surface area contributed by atoms with Crippen LogP contribution in [0.15, 0.2) is 53.5 Å². The van der Waals surface area contributed by atoms with Gasteiger partial charge in [0.2, 0.25) is 0 Å². The highest BCUT2D eigenvalue weighted by Gasteiger charge is 2.18. The molecular formula is C26H38IN3O3. The number of halogens is 1. The average Bonchev–Trinajstić information content (AvgIpc) is 3.31. The van der Waals surface area contributed by atoms with Crippen LogP contribution in [0.4, 0.5) is 0 Å². The minimum Gasteiger partial charge on any atom is -0.488 e. The van der Waals surface area contributed by atoms with Crippen LogP contribution in [0.25, 0.3) is 0 Å². The number of unbranched alkanes of at least 4 members (excludes halogenated alkanes) is 1. The number of aliphatic imine (C=N–C) groups is 1. The summed E-state index contributed by atoms with van der Waals surface area (Å²) in [5.41, 5.74) is 3.49. The topological polar surface area (TPSA) is 64.1 Å². The Labute approximate surface area is 215 Å². The largest absolute Gasteiger partial charge is 0.488 e. The summed E-state index contributed by atoms with van der Waals surface area (Å²) >= 11 is 0. The summed E-state index contributed by atoms with van der Waals surface area (Å²) < 4.78 is 17.4. The second-order valence-corrected chi connectivity index (χ2v) is 8.08. The molecule has 7 heteroatoms. The molecule has 0 aromatic heterocycles. The first-order valence-corrected chi connectivity index (χ1v) is 11.7. The number of hydrogen-bond acceptors (Lipinski definition) is 4. The molecule has 0 bridgehead atoms. The summed E-state index contributed by atoms with van der Waals surface area (Å²) in [5, 5.41) is 6.75. The van der Waals surface area contributed by atoms with E-state index in [1.165, 1.54) is 11.1 Å². The van der Waals surface area contributed by atoms with Crippen molar-refractivity contribution in [2.24, 2.45) is 4.99 Å². The predicted molar refractivity (Wildman–Crippen MR) is 145 cm³/mol. The molecule has 2 aromatic carbocycles. The summed E-state index contributed by atoms with van der Waals surface area (Å²) in [6, 6.07) is 16.6. The van der Waals surface area contributed by atoms with E-state index in [1.54, 1.807) is 0 Å². The molecule has 0 saturated carbocycles. The van der Waals surface area contributed by atoms with E-state index >= 15 is 0 Å². The molecule has 0 amide bonds. The summed E-state index contributed by atoms with van der Waals surface area (Å²) in [5.74, 6) is 1.74. The molecular weight excluding hydrogens is 529 g/mol. The van der Waals surface area contributed by atoms with Gasteiger partial charge in [0.25, 0.3) is 0 Å². The van der Waals surface area contributed by atoms with Gasteiger partial charge in [-0.2, -0.15) is 0 Å². The van der Waals surface area contributed by atoms with Gasteiger partial charge in [0.15, 0.2) is 5.96 Å². The number of guanidine groups is 1. The summed E-state index contributed by atoms with van der Waals surface area (Å²) in [4.78, 5) is 4.77. The normalized spacial score (nSPS) is 15.7. The van der Waals surface area contributed by atoms with E-state index in [-0.39, 0.29) is 30.1 Å². The van der Waals surface area contributed by atoms with E-state index in [1.807, 2.05) is 18.2 Å². The zero-order valence-corrected chi connectivity index (χ0v) is 22.2. The monoisotopic (exact) mass is 567 g/mol. The second kappa shape index (κ2) is 15.9. The fourth-order valence-electron chi connectivity index (χ4n) is 3.49. The van der Waals surface area contributed by atoms with Gasteiger partial charge >= 0.3 is 0 Å². The van der Waals surface area contributed by atoms with E-state index in [2.05, 4.69) is 54.8 Å². The molecule has 2 N–H and O–H groups in total. The highest BCUT2D eigenvalue weighted by molar-refractivity contribution is 14.0. The maximum atomic E-state index is 6.20. The van der Waals surface area contributed by atoms with Gasteiger partial charge in [-0.25, -0.2) is 4.99 Å². The first-order chi connectivity index (χ1) is 15.7. The van der Waals surface area contributed by atoms with Crippen molar-refractivity contribution in [3.05, 3.63) is 65.2 Å². The number of hydrogen-bond donors (Lipinski definition) is 2. The van der Waals surface area contributed by atoms with E-state index in [9.17, 15) is 0 Å². The lowest BCUT2D eigenvalue weighted by Crippen LogP contribution is -2.37. The molecule has 1 unspecified atom stereocenters. The first kappa shape index (κ1) is 27.4. The lowest BCUT2D eigenvalue weighted by atomic mass is 10.1. The molecule has 1 aliphatic rings. The molecule has 1 saturated heterocycles. The Hall–Kier alpha value is -1.84. The zero-order chi connectivity index (χ0) is 22.4. The Bertz CT molecular complexity index is 827. The van der Waals surface area contributed by atoms with Crippen molar-refractivity contribution in [3.63, 3.8) is 0 Å². The molecule has 1 aliphatic heterocycles. The zero-order valence-electron chi connectivity index (χ0n) is 19.8. The summed E-state index contributed by atoms with van der Waals surface area (Å²) in [6.07, 6.45) is 3.11. The minimum absolute atomic E-state index is 0. The molecule has 1 heterocycles. The van der Waals surface area contributed by atoms with Crippen molar-refractivity contribution in [2.75, 3.05) is 32.9 Å². The fourth-order valence-corrected chi connectivity index (χ4v) is 3.49.